The number of carbonyl (C=O) groups excluding carboxylic acids is 1. The van der Waals surface area contributed by atoms with Crippen LogP contribution in [0.3, 0.4) is 0 Å². The molecule has 1 aromatic rings. The maximum absolute atomic E-state index is 12.4. The third kappa shape index (κ3) is 2.96. The highest BCUT2D eigenvalue weighted by Gasteiger charge is 2.23. The van der Waals surface area contributed by atoms with Crippen molar-refractivity contribution in [3.63, 3.8) is 0 Å². The Morgan fingerprint density at radius 2 is 1.95 bits per heavy atom. The molecule has 0 atom stereocenters. The minimum atomic E-state index is -3.78. The van der Waals surface area contributed by atoms with Crippen molar-refractivity contribution < 1.29 is 13.2 Å². The van der Waals surface area contributed by atoms with E-state index in [0.717, 1.165) is 31.5 Å². The van der Waals surface area contributed by atoms with E-state index in [1.807, 2.05) is 6.92 Å². The summed E-state index contributed by atoms with van der Waals surface area (Å²) in [4.78, 5) is 14.2. The lowest BCUT2D eigenvalue weighted by Gasteiger charge is -2.17. The predicted molar refractivity (Wildman–Crippen MR) is 72.3 cm³/mol. The standard InChI is InChI=1S/C13H18N2O3S/c1-2-10-5-6-11(19(14,17)18)9-12(10)13(16)15-7-3-4-8-15/h5-6,9H,2-4,7-8H2,1H3,(H2,14,17,18). The van der Waals surface area contributed by atoms with E-state index in [4.69, 9.17) is 5.14 Å². The first-order valence-corrected chi connectivity index (χ1v) is 7.93. The zero-order valence-corrected chi connectivity index (χ0v) is 11.7. The summed E-state index contributed by atoms with van der Waals surface area (Å²) < 4.78 is 22.8. The SMILES string of the molecule is CCc1ccc(S(N)(=O)=O)cc1C(=O)N1CCCC1. The number of rotatable bonds is 3. The van der Waals surface area contributed by atoms with Gasteiger partial charge < -0.3 is 4.90 Å². The lowest BCUT2D eigenvalue weighted by molar-refractivity contribution is 0.0791. The molecule has 6 heteroatoms. The van der Waals surface area contributed by atoms with E-state index in [0.29, 0.717) is 12.0 Å². The van der Waals surface area contributed by atoms with Crippen molar-refractivity contribution in [3.8, 4) is 0 Å². The van der Waals surface area contributed by atoms with Crippen LogP contribution in [0.4, 0.5) is 0 Å². The maximum Gasteiger partial charge on any atom is 0.254 e. The van der Waals surface area contributed by atoms with Crippen molar-refractivity contribution in [2.75, 3.05) is 13.1 Å². The normalized spacial score (nSPS) is 15.8. The Bertz CT molecular complexity index is 590. The van der Waals surface area contributed by atoms with Crippen LogP contribution in [0.25, 0.3) is 0 Å². The van der Waals surface area contributed by atoms with E-state index >= 15 is 0 Å². The Labute approximate surface area is 113 Å². The fraction of sp³-hybridized carbons (Fsp3) is 0.462. The van der Waals surface area contributed by atoms with E-state index in [-0.39, 0.29) is 10.8 Å². The molecule has 0 unspecified atom stereocenters. The summed E-state index contributed by atoms with van der Waals surface area (Å²) in [6.45, 7) is 3.41. The Morgan fingerprint density at radius 1 is 1.32 bits per heavy atom. The first-order valence-electron chi connectivity index (χ1n) is 6.38. The van der Waals surface area contributed by atoms with Gasteiger partial charge in [0.15, 0.2) is 0 Å². The molecule has 1 amide bonds. The van der Waals surface area contributed by atoms with Gasteiger partial charge in [0.1, 0.15) is 0 Å². The van der Waals surface area contributed by atoms with Crippen LogP contribution in [0, 0.1) is 0 Å². The van der Waals surface area contributed by atoms with Crippen molar-refractivity contribution in [1.29, 1.82) is 0 Å². The minimum absolute atomic E-state index is 0.00718. The molecule has 0 aromatic heterocycles. The van der Waals surface area contributed by atoms with Gasteiger partial charge in [-0.25, -0.2) is 13.6 Å². The molecule has 1 aliphatic heterocycles. The van der Waals surface area contributed by atoms with Crippen molar-refractivity contribution >= 4 is 15.9 Å². The molecule has 0 aliphatic carbocycles. The molecule has 1 heterocycles. The second kappa shape index (κ2) is 5.30. The number of nitrogens with two attached hydrogens (primary N) is 1. The highest BCUT2D eigenvalue weighted by Crippen LogP contribution is 2.20. The fourth-order valence-electron chi connectivity index (χ4n) is 2.33. The molecule has 0 spiro atoms. The van der Waals surface area contributed by atoms with Gasteiger partial charge in [-0.15, -0.1) is 0 Å². The van der Waals surface area contributed by atoms with Gasteiger partial charge in [0.2, 0.25) is 10.0 Å². The van der Waals surface area contributed by atoms with Gasteiger partial charge in [0.25, 0.3) is 5.91 Å². The first kappa shape index (κ1) is 14.0. The van der Waals surface area contributed by atoms with Crippen LogP contribution >= 0.6 is 0 Å². The number of hydrogen-bond acceptors (Lipinski definition) is 3. The Hall–Kier alpha value is -1.40. The molecule has 1 saturated heterocycles. The van der Waals surface area contributed by atoms with Crippen molar-refractivity contribution in [2.24, 2.45) is 5.14 Å². The van der Waals surface area contributed by atoms with E-state index in [9.17, 15) is 13.2 Å². The number of primary sulfonamides is 1. The zero-order chi connectivity index (χ0) is 14.0. The summed E-state index contributed by atoms with van der Waals surface area (Å²) in [5, 5.41) is 5.12. The number of sulfonamides is 1. The van der Waals surface area contributed by atoms with Crippen molar-refractivity contribution in [1.82, 2.24) is 4.90 Å². The molecule has 1 fully saturated rings. The number of benzene rings is 1. The zero-order valence-electron chi connectivity index (χ0n) is 10.9. The highest BCUT2D eigenvalue weighted by atomic mass is 32.2. The summed E-state index contributed by atoms with van der Waals surface area (Å²) in [5.74, 6) is -0.0974. The van der Waals surface area contributed by atoms with Crippen LogP contribution in [0.1, 0.15) is 35.7 Å². The maximum atomic E-state index is 12.4. The van der Waals surface area contributed by atoms with Crippen molar-refractivity contribution in [2.45, 2.75) is 31.1 Å². The molecule has 19 heavy (non-hydrogen) atoms. The Balaban J connectivity index is 2.44. The van der Waals surface area contributed by atoms with Gasteiger partial charge in [-0.1, -0.05) is 13.0 Å². The summed E-state index contributed by atoms with van der Waals surface area (Å²) in [5.41, 5.74) is 1.31. The Kier molecular flexibility index (Phi) is 3.91. The molecule has 1 aromatic carbocycles. The number of amides is 1. The molecule has 1 aliphatic rings. The quantitative estimate of drug-likeness (QED) is 0.902. The average molecular weight is 282 g/mol. The highest BCUT2D eigenvalue weighted by molar-refractivity contribution is 7.89. The molecule has 5 nitrogen and oxygen atoms in total. The van der Waals surface area contributed by atoms with Crippen LogP contribution in [-0.4, -0.2) is 32.3 Å². The number of hydrogen-bond donors (Lipinski definition) is 1. The molecular weight excluding hydrogens is 264 g/mol. The van der Waals surface area contributed by atoms with Crippen LogP contribution in [0.15, 0.2) is 23.1 Å². The molecule has 2 N–H and O–H groups in total. The van der Waals surface area contributed by atoms with Crippen LogP contribution in [0.5, 0.6) is 0 Å². The first-order chi connectivity index (χ1) is 8.93. The minimum Gasteiger partial charge on any atom is -0.339 e. The van der Waals surface area contributed by atoms with Gasteiger partial charge in [-0.3, -0.25) is 4.79 Å². The van der Waals surface area contributed by atoms with E-state index in [1.54, 1.807) is 11.0 Å². The van der Waals surface area contributed by atoms with Crippen LogP contribution in [0.2, 0.25) is 0 Å². The molecule has 0 bridgehead atoms. The van der Waals surface area contributed by atoms with Crippen LogP contribution < -0.4 is 5.14 Å². The summed E-state index contributed by atoms with van der Waals surface area (Å²) in [6, 6.07) is 4.52. The van der Waals surface area contributed by atoms with Crippen LogP contribution in [-0.2, 0) is 16.4 Å². The molecule has 2 rings (SSSR count). The smallest absolute Gasteiger partial charge is 0.254 e. The van der Waals surface area contributed by atoms with Gasteiger partial charge in [-0.2, -0.15) is 0 Å². The lowest BCUT2D eigenvalue weighted by Crippen LogP contribution is -2.29. The molecular formula is C13H18N2O3S. The fourth-order valence-corrected chi connectivity index (χ4v) is 2.87. The summed E-state index contributed by atoms with van der Waals surface area (Å²) in [6.07, 6.45) is 2.68. The van der Waals surface area contributed by atoms with Crippen molar-refractivity contribution in [3.05, 3.63) is 29.3 Å². The Morgan fingerprint density at radius 3 is 2.47 bits per heavy atom. The topological polar surface area (TPSA) is 80.5 Å². The third-order valence-electron chi connectivity index (χ3n) is 3.41. The number of likely N-dealkylation sites (tertiary alicyclic amines) is 1. The van der Waals surface area contributed by atoms with Gasteiger partial charge >= 0.3 is 0 Å². The average Bonchev–Trinajstić information content (AvgIpc) is 2.90. The monoisotopic (exact) mass is 282 g/mol. The van der Waals surface area contributed by atoms with Gasteiger partial charge in [0, 0.05) is 18.7 Å². The van der Waals surface area contributed by atoms with Gasteiger partial charge in [-0.05, 0) is 37.0 Å². The summed E-state index contributed by atoms with van der Waals surface area (Å²) in [7, 11) is -3.78. The second-order valence-electron chi connectivity index (χ2n) is 4.72. The number of carbonyl (C=O) groups is 1. The molecule has 104 valence electrons. The van der Waals surface area contributed by atoms with E-state index in [1.165, 1.54) is 12.1 Å². The third-order valence-corrected chi connectivity index (χ3v) is 4.33. The van der Waals surface area contributed by atoms with Gasteiger partial charge in [0.05, 0.1) is 4.90 Å². The second-order valence-corrected chi connectivity index (χ2v) is 6.28. The van der Waals surface area contributed by atoms with E-state index in [2.05, 4.69) is 0 Å². The largest absolute Gasteiger partial charge is 0.339 e. The number of aryl methyl sites for hydroxylation is 1. The molecule has 0 radical (unpaired) electrons. The number of nitrogens with zero attached hydrogens (tertiary/aromatic N) is 1. The molecule has 0 saturated carbocycles. The van der Waals surface area contributed by atoms with E-state index < -0.39 is 10.0 Å². The lowest BCUT2D eigenvalue weighted by atomic mass is 10.0. The summed E-state index contributed by atoms with van der Waals surface area (Å²) >= 11 is 0. The predicted octanol–water partition coefficient (Wildman–Crippen LogP) is 1.13.